The van der Waals surface area contributed by atoms with E-state index in [0.717, 1.165) is 25.7 Å². The summed E-state index contributed by atoms with van der Waals surface area (Å²) in [5, 5.41) is 57.6. The number of fused-ring (bicyclic) bond motifs is 3. The number of aliphatic hydroxyl groups excluding tert-OH is 4. The van der Waals surface area contributed by atoms with Crippen molar-refractivity contribution in [2.45, 2.75) is 130 Å². The highest BCUT2D eigenvalue weighted by molar-refractivity contribution is 5.73. The van der Waals surface area contributed by atoms with E-state index in [1.54, 1.807) is 6.33 Å². The number of aliphatic carboxylic acids is 1. The molecule has 0 amide bonds. The van der Waals surface area contributed by atoms with Crippen LogP contribution in [0.2, 0.25) is 0 Å². The molecule has 6 aliphatic rings. The van der Waals surface area contributed by atoms with E-state index in [0.29, 0.717) is 32.0 Å². The van der Waals surface area contributed by atoms with E-state index in [-0.39, 0.29) is 40.0 Å². The normalized spacial score (nSPS) is 50.8. The van der Waals surface area contributed by atoms with Crippen molar-refractivity contribution in [2.24, 2.45) is 56.7 Å². The molecule has 0 spiro atoms. The highest BCUT2D eigenvalue weighted by atomic mass is 16.7. The Morgan fingerprint density at radius 1 is 1.04 bits per heavy atom. The first-order chi connectivity index (χ1) is 23.5. The fourth-order valence-corrected chi connectivity index (χ4v) is 12.8. The predicted molar refractivity (Wildman–Crippen MR) is 181 cm³/mol. The number of hydrogen-bond donors (Lipinski definition) is 5. The Hall–Kier alpha value is -1.93. The Labute approximate surface area is 295 Å². The molecule has 280 valence electrons. The molecule has 2 saturated heterocycles. The van der Waals surface area contributed by atoms with E-state index in [1.165, 1.54) is 11.9 Å². The third-order valence-electron chi connectivity index (χ3n) is 16.0. The van der Waals surface area contributed by atoms with Crippen LogP contribution < -0.4 is 0 Å². The van der Waals surface area contributed by atoms with Gasteiger partial charge < -0.3 is 39.7 Å². The summed E-state index contributed by atoms with van der Waals surface area (Å²) in [5.41, 5.74) is -0.506. The molecule has 0 unspecified atom stereocenters. The molecule has 1 aromatic rings. The van der Waals surface area contributed by atoms with Gasteiger partial charge in [0.15, 0.2) is 6.29 Å². The number of carbonyl (C=O) groups is 1. The number of aliphatic hydroxyl groups is 4. The van der Waals surface area contributed by atoms with Crippen LogP contribution in [0.4, 0.5) is 0 Å². The Kier molecular flexibility index (Phi) is 8.97. The van der Waals surface area contributed by atoms with Crippen LogP contribution in [-0.4, -0.2) is 103 Å². The molecule has 5 N–H and O–H groups in total. The van der Waals surface area contributed by atoms with Crippen molar-refractivity contribution in [1.82, 2.24) is 14.8 Å². The van der Waals surface area contributed by atoms with Crippen LogP contribution in [0.3, 0.4) is 0 Å². The lowest BCUT2D eigenvalue weighted by molar-refractivity contribution is -0.343. The van der Waals surface area contributed by atoms with E-state index in [4.69, 9.17) is 14.2 Å². The van der Waals surface area contributed by atoms with Crippen molar-refractivity contribution in [3.63, 3.8) is 0 Å². The molecule has 16 atom stereocenters. The van der Waals surface area contributed by atoms with Gasteiger partial charge in [-0.1, -0.05) is 60.1 Å². The number of ether oxygens (including phenoxy) is 3. The van der Waals surface area contributed by atoms with Crippen LogP contribution in [0.25, 0.3) is 0 Å². The molecule has 1 aromatic heterocycles. The van der Waals surface area contributed by atoms with Gasteiger partial charge in [0, 0.05) is 10.8 Å². The quantitative estimate of drug-likeness (QED) is 0.208. The largest absolute Gasteiger partial charge is 0.481 e. The summed E-state index contributed by atoms with van der Waals surface area (Å²) in [5.74, 6) is -0.160. The predicted octanol–water partition coefficient (Wildman–Crippen LogP) is 3.59. The van der Waals surface area contributed by atoms with Crippen LogP contribution in [0.15, 0.2) is 24.3 Å². The molecule has 5 fully saturated rings. The Morgan fingerprint density at radius 3 is 2.42 bits per heavy atom. The van der Waals surface area contributed by atoms with E-state index in [9.17, 15) is 30.3 Å². The molecule has 50 heavy (non-hydrogen) atoms. The number of nitrogens with zero attached hydrogens (tertiary/aromatic N) is 3. The summed E-state index contributed by atoms with van der Waals surface area (Å²) < 4.78 is 21.0. The average molecular weight is 702 g/mol. The second-order valence-electron chi connectivity index (χ2n) is 18.2. The molecule has 0 radical (unpaired) electrons. The topological polar surface area (TPSA) is 177 Å². The molecule has 12 nitrogen and oxygen atoms in total. The first kappa shape index (κ1) is 36.4. The van der Waals surface area contributed by atoms with Gasteiger partial charge >= 0.3 is 5.97 Å². The van der Waals surface area contributed by atoms with Gasteiger partial charge in [-0.2, -0.15) is 5.10 Å². The minimum absolute atomic E-state index is 0.152. The summed E-state index contributed by atoms with van der Waals surface area (Å²) in [6.45, 7) is 16.1. The highest BCUT2D eigenvalue weighted by Crippen LogP contribution is 2.75. The smallest absolute Gasteiger partial charge is 0.307 e. The number of carboxylic acids is 1. The molecule has 7 rings (SSSR count). The standard InChI is InChI=1S/C38H59N3O9/c1-20(2)21(3)34(4)12-13-36(6)22-8-9-26-35(5)16-48-17-38(26,23(22)10-11-37(36,7)30(34)32(46)47)14-24(41-19-39-18-40-41)31(35)50-33-29(45)28(44)27(43)25(15-42)49-33/h10,18-22,24-31,33,42-45H,8-9,11-17H2,1-7H3,(H,46,47)/t21-,22+,24-,25-,26+,27-,28+,29-,30-,31+,33+,34-,35+,36-,37+,38+/m1/s1. The van der Waals surface area contributed by atoms with Gasteiger partial charge in [-0.3, -0.25) is 4.79 Å². The van der Waals surface area contributed by atoms with Crippen molar-refractivity contribution in [2.75, 3.05) is 19.8 Å². The molecule has 3 heterocycles. The van der Waals surface area contributed by atoms with Gasteiger partial charge in [-0.25, -0.2) is 9.67 Å². The number of carboxylic acid groups (broad SMARTS) is 1. The summed E-state index contributed by atoms with van der Waals surface area (Å²) in [7, 11) is 0. The molecular formula is C38H59N3O9. The summed E-state index contributed by atoms with van der Waals surface area (Å²) in [6.07, 6.45) is 3.09. The molecule has 0 aromatic carbocycles. The maximum atomic E-state index is 13.4. The third-order valence-corrected chi connectivity index (χ3v) is 16.0. The van der Waals surface area contributed by atoms with E-state index >= 15 is 0 Å². The van der Waals surface area contributed by atoms with Crippen molar-refractivity contribution in [3.05, 3.63) is 24.3 Å². The zero-order valence-corrected chi connectivity index (χ0v) is 30.7. The zero-order valence-electron chi connectivity index (χ0n) is 30.7. The first-order valence-electron chi connectivity index (χ1n) is 18.8. The van der Waals surface area contributed by atoms with Gasteiger partial charge in [0.05, 0.1) is 37.9 Å². The number of allylic oxidation sites excluding steroid dienone is 1. The van der Waals surface area contributed by atoms with Crippen LogP contribution in [0.1, 0.15) is 93.0 Å². The Morgan fingerprint density at radius 2 is 1.78 bits per heavy atom. The fourth-order valence-electron chi connectivity index (χ4n) is 12.8. The van der Waals surface area contributed by atoms with Gasteiger partial charge in [0.2, 0.25) is 0 Å². The Balaban J connectivity index is 1.29. The average Bonchev–Trinajstić information content (AvgIpc) is 3.61. The third kappa shape index (κ3) is 4.84. The van der Waals surface area contributed by atoms with Crippen molar-refractivity contribution in [3.8, 4) is 0 Å². The van der Waals surface area contributed by atoms with Gasteiger partial charge in [0.25, 0.3) is 0 Å². The van der Waals surface area contributed by atoms with Gasteiger partial charge in [-0.05, 0) is 78.4 Å². The zero-order chi connectivity index (χ0) is 36.2. The second kappa shape index (κ2) is 12.3. The molecule has 2 bridgehead atoms. The minimum Gasteiger partial charge on any atom is -0.481 e. The van der Waals surface area contributed by atoms with Crippen LogP contribution in [0.5, 0.6) is 0 Å². The van der Waals surface area contributed by atoms with Crippen molar-refractivity contribution >= 4 is 5.97 Å². The first-order valence-corrected chi connectivity index (χ1v) is 18.8. The van der Waals surface area contributed by atoms with E-state index in [2.05, 4.69) is 64.6 Å². The fraction of sp³-hybridized carbons (Fsp3) is 0.868. The lowest BCUT2D eigenvalue weighted by Crippen LogP contribution is -2.70. The highest BCUT2D eigenvalue weighted by Gasteiger charge is 2.72. The summed E-state index contributed by atoms with van der Waals surface area (Å²) in [4.78, 5) is 17.7. The van der Waals surface area contributed by atoms with Gasteiger partial charge in [-0.15, -0.1) is 0 Å². The lowest BCUT2D eigenvalue weighted by atomic mass is 9.34. The maximum absolute atomic E-state index is 13.4. The van der Waals surface area contributed by atoms with E-state index in [1.807, 2.05) is 4.68 Å². The molecule has 2 aliphatic heterocycles. The monoisotopic (exact) mass is 701 g/mol. The van der Waals surface area contributed by atoms with E-state index < -0.39 is 66.1 Å². The maximum Gasteiger partial charge on any atom is 0.307 e. The van der Waals surface area contributed by atoms with Crippen LogP contribution in [-0.2, 0) is 19.0 Å². The summed E-state index contributed by atoms with van der Waals surface area (Å²) in [6, 6.07) is -0.330. The number of rotatable bonds is 7. The lowest BCUT2D eigenvalue weighted by Gasteiger charge is -2.71. The number of aromatic nitrogens is 3. The van der Waals surface area contributed by atoms with Gasteiger partial charge in [0.1, 0.15) is 37.1 Å². The van der Waals surface area contributed by atoms with Crippen molar-refractivity contribution in [1.29, 1.82) is 0 Å². The molecule has 3 saturated carbocycles. The molecule has 4 aliphatic carbocycles. The minimum atomic E-state index is -1.55. The SMILES string of the molecule is CC(C)[C@@H](C)[C@@]1(C)CC[C@]2(C)[C@H]3CC[C@@H]4[C@@]5(COC[C@]4(C)[C@@H](O[C@@H]4O[C@H](CO)[C@@H](O)[C@H](O)[C@H]4O)[C@H](n4cncn4)C5)C3=CC[C@@]2(C)[C@@H]1C(=O)O. The molecular weight excluding hydrogens is 642 g/mol. The van der Waals surface area contributed by atoms with Crippen molar-refractivity contribution < 1.29 is 44.5 Å². The van der Waals surface area contributed by atoms with Crippen LogP contribution >= 0.6 is 0 Å². The number of hydrogen-bond acceptors (Lipinski definition) is 10. The molecule has 12 heteroatoms. The summed E-state index contributed by atoms with van der Waals surface area (Å²) >= 11 is 0. The second-order valence-corrected chi connectivity index (χ2v) is 18.2. The Bertz CT molecular complexity index is 1470. The van der Waals surface area contributed by atoms with Crippen LogP contribution in [0, 0.1) is 56.7 Å².